The summed E-state index contributed by atoms with van der Waals surface area (Å²) in [7, 11) is 0. The highest BCUT2D eigenvalue weighted by Gasteiger charge is 2.15. The van der Waals surface area contributed by atoms with Gasteiger partial charge >= 0.3 is 0 Å². The van der Waals surface area contributed by atoms with Crippen LogP contribution < -0.4 is 10.9 Å². The molecule has 7 nitrogen and oxygen atoms in total. The van der Waals surface area contributed by atoms with Crippen LogP contribution in [0.4, 0.5) is 0 Å². The Hall–Kier alpha value is -2.26. The van der Waals surface area contributed by atoms with Crippen LogP contribution in [0.25, 0.3) is 10.3 Å². The molecular weight excluding hydrogens is 348 g/mol. The van der Waals surface area contributed by atoms with Gasteiger partial charge in [0.2, 0.25) is 5.91 Å². The summed E-state index contributed by atoms with van der Waals surface area (Å²) in [6.45, 7) is 4.50. The highest BCUT2D eigenvalue weighted by molar-refractivity contribution is 7.73. The minimum Gasteiger partial charge on any atom is -0.467 e. The Bertz CT molecular complexity index is 998. The molecule has 3 aromatic rings. The maximum atomic E-state index is 12.7. The van der Waals surface area contributed by atoms with E-state index in [1.54, 1.807) is 25.3 Å². The maximum absolute atomic E-state index is 12.7. The monoisotopic (exact) mass is 364 g/mol. The van der Waals surface area contributed by atoms with Crippen molar-refractivity contribution in [1.29, 1.82) is 0 Å². The van der Waals surface area contributed by atoms with Crippen LogP contribution in [0.2, 0.25) is 0 Å². The lowest BCUT2D eigenvalue weighted by molar-refractivity contribution is -0.122. The lowest BCUT2D eigenvalue weighted by Crippen LogP contribution is -2.33. The number of rotatable bonds is 5. The fourth-order valence-corrected chi connectivity index (χ4v) is 3.80. The number of nitrogens with zero attached hydrogens (tertiary/aromatic N) is 3. The van der Waals surface area contributed by atoms with Gasteiger partial charge in [0.1, 0.15) is 22.8 Å². The van der Waals surface area contributed by atoms with E-state index in [1.807, 2.05) is 11.5 Å². The molecule has 0 saturated carbocycles. The molecule has 0 aliphatic carbocycles. The average molecular weight is 364 g/mol. The Balaban J connectivity index is 1.88. The van der Waals surface area contributed by atoms with Crippen molar-refractivity contribution in [3.63, 3.8) is 0 Å². The molecule has 0 aliphatic rings. The van der Waals surface area contributed by atoms with Gasteiger partial charge in [-0.15, -0.1) is 0 Å². The van der Waals surface area contributed by atoms with Gasteiger partial charge in [0.15, 0.2) is 9.60 Å². The van der Waals surface area contributed by atoms with Gasteiger partial charge in [-0.3, -0.25) is 14.2 Å². The molecule has 0 bridgehead atoms. The molecule has 3 rings (SSSR count). The van der Waals surface area contributed by atoms with E-state index in [1.165, 1.54) is 15.9 Å². The van der Waals surface area contributed by atoms with E-state index in [9.17, 15) is 9.59 Å². The van der Waals surface area contributed by atoms with Crippen molar-refractivity contribution in [1.82, 2.24) is 19.4 Å². The Labute approximate surface area is 146 Å². The van der Waals surface area contributed by atoms with E-state index in [0.717, 1.165) is 0 Å². The minimum absolute atomic E-state index is 0.0922. The molecule has 0 aliphatic heterocycles. The van der Waals surface area contributed by atoms with Gasteiger partial charge < -0.3 is 14.3 Å². The molecule has 0 saturated heterocycles. The van der Waals surface area contributed by atoms with Crippen LogP contribution in [-0.4, -0.2) is 20.0 Å². The molecular formula is C15H16N4O3S2. The van der Waals surface area contributed by atoms with Gasteiger partial charge in [0.25, 0.3) is 5.56 Å². The second kappa shape index (κ2) is 6.70. The van der Waals surface area contributed by atoms with E-state index >= 15 is 0 Å². The quantitative estimate of drug-likeness (QED) is 0.702. The first-order chi connectivity index (χ1) is 11.5. The Morgan fingerprint density at radius 1 is 1.46 bits per heavy atom. The molecule has 3 aromatic heterocycles. The van der Waals surface area contributed by atoms with Crippen LogP contribution >= 0.6 is 23.6 Å². The molecule has 0 spiro atoms. The van der Waals surface area contributed by atoms with Gasteiger partial charge in [-0.1, -0.05) is 11.3 Å². The molecule has 24 heavy (non-hydrogen) atoms. The van der Waals surface area contributed by atoms with Gasteiger partial charge in [-0.05, 0) is 38.2 Å². The van der Waals surface area contributed by atoms with E-state index in [0.29, 0.717) is 32.4 Å². The van der Waals surface area contributed by atoms with E-state index in [4.69, 9.17) is 16.6 Å². The fraction of sp³-hybridized carbons (Fsp3) is 0.333. The van der Waals surface area contributed by atoms with Crippen LogP contribution in [-0.2, 0) is 24.4 Å². The molecule has 0 radical (unpaired) electrons. The first kappa shape index (κ1) is 16.6. The standard InChI is InChI=1S/C15H16N4O3S2/c1-3-18-13-12(24-15(18)23)14(21)19(9(2)17-13)8-11(20)16-7-10-5-4-6-22-10/h4-6H,3,7-8H2,1-2H3,(H,16,20). The van der Waals surface area contributed by atoms with Crippen LogP contribution in [0.5, 0.6) is 0 Å². The van der Waals surface area contributed by atoms with Crippen molar-refractivity contribution < 1.29 is 9.21 Å². The zero-order chi connectivity index (χ0) is 17.3. The van der Waals surface area contributed by atoms with Gasteiger partial charge in [0.05, 0.1) is 12.8 Å². The third kappa shape index (κ3) is 3.04. The third-order valence-electron chi connectivity index (χ3n) is 3.62. The van der Waals surface area contributed by atoms with Crippen LogP contribution in [0.1, 0.15) is 18.5 Å². The van der Waals surface area contributed by atoms with Crippen LogP contribution in [0, 0.1) is 10.9 Å². The lowest BCUT2D eigenvalue weighted by Gasteiger charge is -2.10. The number of nitrogens with one attached hydrogen (secondary N) is 1. The summed E-state index contributed by atoms with van der Waals surface area (Å²) >= 11 is 6.50. The topological polar surface area (TPSA) is 82.1 Å². The number of amides is 1. The fourth-order valence-electron chi connectivity index (χ4n) is 2.39. The average Bonchev–Trinajstić information content (AvgIpc) is 3.17. The summed E-state index contributed by atoms with van der Waals surface area (Å²) in [5.74, 6) is 0.853. The Morgan fingerprint density at radius 3 is 2.92 bits per heavy atom. The molecule has 126 valence electrons. The first-order valence-corrected chi connectivity index (χ1v) is 8.63. The molecule has 3 heterocycles. The number of fused-ring (bicyclic) bond motifs is 1. The van der Waals surface area contributed by atoms with Crippen molar-refractivity contribution in [2.24, 2.45) is 0 Å². The Morgan fingerprint density at radius 2 is 2.25 bits per heavy atom. The number of furan rings is 1. The largest absolute Gasteiger partial charge is 0.467 e. The molecule has 1 N–H and O–H groups in total. The molecule has 0 atom stereocenters. The molecule has 0 aromatic carbocycles. The van der Waals surface area contributed by atoms with Crippen molar-refractivity contribution in [3.8, 4) is 0 Å². The number of hydrogen-bond acceptors (Lipinski definition) is 6. The maximum Gasteiger partial charge on any atom is 0.273 e. The summed E-state index contributed by atoms with van der Waals surface area (Å²) in [5, 5.41) is 2.72. The molecule has 1 amide bonds. The smallest absolute Gasteiger partial charge is 0.273 e. The minimum atomic E-state index is -0.281. The SMILES string of the molecule is CCn1c(=S)sc2c(=O)n(CC(=O)NCc3ccco3)c(C)nc21. The summed E-state index contributed by atoms with van der Waals surface area (Å²) in [6.07, 6.45) is 1.54. The first-order valence-electron chi connectivity index (χ1n) is 7.41. The summed E-state index contributed by atoms with van der Waals surface area (Å²) < 4.78 is 9.44. The predicted octanol–water partition coefficient (Wildman–Crippen LogP) is 2.23. The van der Waals surface area contributed by atoms with Crippen molar-refractivity contribution in [3.05, 3.63) is 44.3 Å². The zero-order valence-corrected chi connectivity index (χ0v) is 14.9. The number of aryl methyl sites for hydroxylation is 2. The van der Waals surface area contributed by atoms with Crippen molar-refractivity contribution >= 4 is 39.8 Å². The number of hydrogen-bond donors (Lipinski definition) is 1. The third-order valence-corrected chi connectivity index (χ3v) is 5.05. The van der Waals surface area contributed by atoms with Crippen LogP contribution in [0.3, 0.4) is 0 Å². The summed E-state index contributed by atoms with van der Waals surface area (Å²) in [4.78, 5) is 29.3. The molecule has 9 heteroatoms. The number of aromatic nitrogens is 3. The van der Waals surface area contributed by atoms with E-state index in [2.05, 4.69) is 10.3 Å². The van der Waals surface area contributed by atoms with Gasteiger partial charge in [-0.2, -0.15) is 0 Å². The number of carbonyl (C=O) groups excluding carboxylic acids is 1. The van der Waals surface area contributed by atoms with Crippen LogP contribution in [0.15, 0.2) is 27.6 Å². The summed E-state index contributed by atoms with van der Waals surface area (Å²) in [5.41, 5.74) is 0.344. The molecule has 0 fully saturated rings. The second-order valence-electron chi connectivity index (χ2n) is 5.17. The zero-order valence-electron chi connectivity index (χ0n) is 13.2. The highest BCUT2D eigenvalue weighted by Crippen LogP contribution is 2.18. The van der Waals surface area contributed by atoms with Crippen molar-refractivity contribution in [2.75, 3.05) is 0 Å². The van der Waals surface area contributed by atoms with E-state index < -0.39 is 0 Å². The van der Waals surface area contributed by atoms with Gasteiger partial charge in [-0.25, -0.2) is 4.98 Å². The lowest BCUT2D eigenvalue weighted by atomic mass is 10.4. The number of thiazole rings is 1. The Kier molecular flexibility index (Phi) is 4.63. The highest BCUT2D eigenvalue weighted by atomic mass is 32.1. The predicted molar refractivity (Wildman–Crippen MR) is 93.7 cm³/mol. The second-order valence-corrected chi connectivity index (χ2v) is 6.82. The van der Waals surface area contributed by atoms with Crippen molar-refractivity contribution in [2.45, 2.75) is 33.5 Å². The molecule has 0 unspecified atom stereocenters. The van der Waals surface area contributed by atoms with Gasteiger partial charge in [0, 0.05) is 6.54 Å². The normalized spacial score (nSPS) is 11.1. The van der Waals surface area contributed by atoms with E-state index in [-0.39, 0.29) is 24.6 Å². The summed E-state index contributed by atoms with van der Waals surface area (Å²) in [6, 6.07) is 3.52. The number of carbonyl (C=O) groups is 1.